The summed E-state index contributed by atoms with van der Waals surface area (Å²) in [4.78, 5) is 4.63. The molecule has 192 valence electrons. The van der Waals surface area contributed by atoms with Gasteiger partial charge in [-0.05, 0) is 11.6 Å². The van der Waals surface area contributed by atoms with E-state index in [0.29, 0.717) is 0 Å². The Labute approximate surface area is 249 Å². The summed E-state index contributed by atoms with van der Waals surface area (Å²) >= 11 is 1.36. The average molecular weight is 597 g/mol. The second-order valence-electron chi connectivity index (χ2n) is 8.96. The van der Waals surface area contributed by atoms with Gasteiger partial charge in [-0.25, -0.2) is 0 Å². The fourth-order valence-corrected chi connectivity index (χ4v) is 4.89. The quantitative estimate of drug-likeness (QED) is 0.143. The third kappa shape index (κ3) is 6.61. The SMILES string of the molecule is Cc1cc2ccccc2[cH-]1.[CH3-].[CH3-].[Si]=[Zr].c1ccc(-c2cc3c(-c4cccc5cccnc45)cccc3[cH-]2)cc1. The van der Waals surface area contributed by atoms with E-state index in [1.807, 2.05) is 12.3 Å². The Morgan fingerprint density at radius 2 is 1.26 bits per heavy atom. The van der Waals surface area contributed by atoms with Gasteiger partial charge in [0.25, 0.3) is 0 Å². The van der Waals surface area contributed by atoms with E-state index in [9.17, 15) is 0 Å². The van der Waals surface area contributed by atoms with Gasteiger partial charge in [0.05, 0.1) is 5.52 Å². The number of rotatable bonds is 2. The van der Waals surface area contributed by atoms with E-state index in [4.69, 9.17) is 0 Å². The van der Waals surface area contributed by atoms with Gasteiger partial charge in [-0.2, -0.15) is 6.07 Å². The topological polar surface area (TPSA) is 12.9 Å². The zero-order valence-corrected chi connectivity index (χ0v) is 26.1. The zero-order valence-electron chi connectivity index (χ0n) is 22.6. The molecule has 0 amide bonds. The van der Waals surface area contributed by atoms with Gasteiger partial charge in [0.2, 0.25) is 0 Å². The minimum atomic E-state index is 0. The number of benzene rings is 4. The van der Waals surface area contributed by atoms with Gasteiger partial charge in [0.15, 0.2) is 0 Å². The van der Waals surface area contributed by atoms with Crippen LogP contribution in [0.25, 0.3) is 54.7 Å². The molecule has 1 nitrogen and oxygen atoms in total. The van der Waals surface area contributed by atoms with Gasteiger partial charge in [0.1, 0.15) is 0 Å². The molecule has 0 aliphatic rings. The van der Waals surface area contributed by atoms with Crippen molar-refractivity contribution in [3.8, 4) is 22.3 Å². The summed E-state index contributed by atoms with van der Waals surface area (Å²) in [5.41, 5.74) is 7.34. The second-order valence-corrected chi connectivity index (χ2v) is 8.96. The number of hydrogen-bond acceptors (Lipinski definition) is 1. The van der Waals surface area contributed by atoms with Gasteiger partial charge in [0, 0.05) is 17.1 Å². The molecule has 0 bridgehead atoms. The van der Waals surface area contributed by atoms with Gasteiger partial charge in [-0.3, -0.25) is 4.98 Å². The zero-order chi connectivity index (χ0) is 25.6. The number of aryl methyl sites for hydroxylation is 1. The van der Waals surface area contributed by atoms with Crippen LogP contribution >= 0.6 is 0 Å². The van der Waals surface area contributed by atoms with E-state index in [-0.39, 0.29) is 14.9 Å². The molecule has 3 heteroatoms. The first-order chi connectivity index (χ1) is 18.3. The van der Waals surface area contributed by atoms with Crippen molar-refractivity contribution >= 4 is 39.3 Å². The molecular formula is C36H31NSiZr-4. The van der Waals surface area contributed by atoms with Crippen molar-refractivity contribution < 1.29 is 23.3 Å². The Kier molecular flexibility index (Phi) is 10.9. The van der Waals surface area contributed by atoms with Crippen LogP contribution in [-0.2, 0) is 23.3 Å². The molecule has 6 aromatic carbocycles. The summed E-state index contributed by atoms with van der Waals surface area (Å²) < 4.78 is 0. The van der Waals surface area contributed by atoms with Gasteiger partial charge in [-0.1, -0.05) is 85.3 Å². The smallest absolute Gasteiger partial charge is 0.0773 e. The Balaban J connectivity index is 0.000000254. The predicted molar refractivity (Wildman–Crippen MR) is 169 cm³/mol. The van der Waals surface area contributed by atoms with Gasteiger partial charge < -0.3 is 14.9 Å². The predicted octanol–water partition coefficient (Wildman–Crippen LogP) is 9.83. The molecule has 0 spiro atoms. The number of fused-ring (bicyclic) bond motifs is 3. The van der Waals surface area contributed by atoms with E-state index in [1.54, 1.807) is 0 Å². The number of hydrogen-bond donors (Lipinski definition) is 0. The van der Waals surface area contributed by atoms with Crippen LogP contribution in [0.4, 0.5) is 0 Å². The number of aromatic nitrogens is 1. The molecule has 7 rings (SSSR count). The molecule has 39 heavy (non-hydrogen) atoms. The Hall–Kier alpha value is -3.39. The normalized spacial score (nSPS) is 9.95. The molecular weight excluding hydrogens is 566 g/mol. The van der Waals surface area contributed by atoms with Crippen molar-refractivity contribution in [1.82, 2.24) is 4.98 Å². The van der Waals surface area contributed by atoms with Crippen LogP contribution in [0, 0.1) is 21.8 Å². The summed E-state index contributed by atoms with van der Waals surface area (Å²) in [7, 11) is 0. The van der Waals surface area contributed by atoms with Crippen LogP contribution in [0.5, 0.6) is 0 Å². The van der Waals surface area contributed by atoms with E-state index < -0.39 is 0 Å². The van der Waals surface area contributed by atoms with Crippen molar-refractivity contribution in [2.75, 3.05) is 0 Å². The van der Waals surface area contributed by atoms with Crippen LogP contribution < -0.4 is 0 Å². The maximum atomic E-state index is 4.63. The van der Waals surface area contributed by atoms with Crippen LogP contribution in [0.15, 0.2) is 134 Å². The second kappa shape index (κ2) is 14.1. The average Bonchev–Trinajstić information content (AvgIpc) is 3.57. The van der Waals surface area contributed by atoms with E-state index in [1.165, 1.54) is 78.1 Å². The third-order valence-electron chi connectivity index (χ3n) is 6.54. The van der Waals surface area contributed by atoms with Gasteiger partial charge in [-0.15, -0.1) is 75.1 Å². The van der Waals surface area contributed by atoms with Crippen molar-refractivity contribution in [2.45, 2.75) is 6.92 Å². The fraction of sp³-hybridized carbons (Fsp3) is 0.0278. The molecule has 7 aromatic rings. The first-order valence-electron chi connectivity index (χ1n) is 12.2. The number of para-hydroxylation sites is 1. The molecule has 0 N–H and O–H groups in total. The molecule has 1 aromatic heterocycles. The summed E-state index contributed by atoms with van der Waals surface area (Å²) in [5.74, 6) is 0. The summed E-state index contributed by atoms with van der Waals surface area (Å²) in [6, 6.07) is 45.0. The first-order valence-corrected chi connectivity index (χ1v) is 16.4. The minimum Gasteiger partial charge on any atom is -0.256 e. The Morgan fingerprint density at radius 3 is 2.05 bits per heavy atom. The third-order valence-corrected chi connectivity index (χ3v) is 6.54. The van der Waals surface area contributed by atoms with Crippen LogP contribution in [0.1, 0.15) is 5.56 Å². The molecule has 2 radical (unpaired) electrons. The van der Waals surface area contributed by atoms with Gasteiger partial charge >= 0.3 is 30.2 Å². The summed E-state index contributed by atoms with van der Waals surface area (Å²) in [5, 5.41) is 6.41. The Bertz CT molecular complexity index is 1740. The molecule has 0 unspecified atom stereocenters. The van der Waals surface area contributed by atoms with E-state index in [0.717, 1.165) is 5.52 Å². The van der Waals surface area contributed by atoms with Crippen LogP contribution in [-0.4, -0.2) is 11.9 Å². The molecule has 0 saturated heterocycles. The standard InChI is InChI=1S/C24H16N.C10H9.2CH3.Si.Zr/c1-2-7-17(8-3-1)20-15-19-10-5-12-21(23(19)16-20)22-13-4-9-18-11-6-14-25-24(18)22;1-8-6-9-4-2-3-5-10(9)7-8;;;;/h1-16H;2-7H,1H3;2*1H3;;/q4*-1;;. The summed E-state index contributed by atoms with van der Waals surface area (Å²) in [6.45, 7) is 5.19. The van der Waals surface area contributed by atoms with Crippen LogP contribution in [0.2, 0.25) is 0 Å². The molecule has 0 fully saturated rings. The maximum Gasteiger partial charge on any atom is 0.0773 e. The number of pyridine rings is 1. The van der Waals surface area contributed by atoms with Crippen molar-refractivity contribution in [1.29, 1.82) is 0 Å². The van der Waals surface area contributed by atoms with Crippen molar-refractivity contribution in [2.24, 2.45) is 0 Å². The molecule has 0 aliphatic carbocycles. The van der Waals surface area contributed by atoms with Crippen molar-refractivity contribution in [3.63, 3.8) is 0 Å². The molecule has 0 saturated carbocycles. The maximum absolute atomic E-state index is 4.63. The van der Waals surface area contributed by atoms with E-state index >= 15 is 0 Å². The molecule has 0 atom stereocenters. The largest absolute Gasteiger partial charge is 0.256 e. The van der Waals surface area contributed by atoms with Crippen molar-refractivity contribution in [3.05, 3.63) is 154 Å². The Morgan fingerprint density at radius 1 is 0.615 bits per heavy atom. The van der Waals surface area contributed by atoms with Crippen LogP contribution in [0.3, 0.4) is 0 Å². The monoisotopic (exact) mass is 595 g/mol. The molecule has 1 heterocycles. The minimum absolute atomic E-state index is 0. The van der Waals surface area contributed by atoms with E-state index in [2.05, 4.69) is 140 Å². The number of nitrogens with zero attached hydrogens (tertiary/aromatic N) is 1. The summed E-state index contributed by atoms with van der Waals surface area (Å²) in [6.07, 6.45) is 1.87. The fourth-order valence-electron chi connectivity index (χ4n) is 4.89. The molecule has 0 aliphatic heterocycles. The first kappa shape index (κ1) is 30.2.